The molecule has 25 heavy (non-hydrogen) atoms. The average molecular weight is 389 g/mol. The third kappa shape index (κ3) is 8.45. The van der Waals surface area contributed by atoms with Crippen LogP contribution in [0.3, 0.4) is 0 Å². The van der Waals surface area contributed by atoms with Crippen molar-refractivity contribution in [2.45, 2.75) is 38.7 Å². The number of esters is 1. The molecule has 1 atom stereocenters. The molecule has 0 amide bonds. The van der Waals surface area contributed by atoms with E-state index in [-0.39, 0.29) is 6.42 Å². The van der Waals surface area contributed by atoms with Gasteiger partial charge in [-0.3, -0.25) is 4.79 Å². The molecule has 0 spiro atoms. The number of alkyl halides is 2. The molecule has 0 N–H and O–H groups in total. The fraction of sp³-hybridized carbons (Fsp3) is 0.556. The summed E-state index contributed by atoms with van der Waals surface area (Å²) in [5.41, 5.74) is 2.27. The highest BCUT2D eigenvalue weighted by atomic mass is 35.5. The van der Waals surface area contributed by atoms with Gasteiger partial charge in [0.2, 0.25) is 6.10 Å². The van der Waals surface area contributed by atoms with Gasteiger partial charge in [-0.05, 0) is 43.9 Å². The maximum absolute atomic E-state index is 11.5. The molecule has 0 heterocycles. The fourth-order valence-electron chi connectivity index (χ4n) is 2.35. The number of carbonyl (C=O) groups is 2. The van der Waals surface area contributed by atoms with Crippen LogP contribution in [0.2, 0.25) is 0 Å². The van der Waals surface area contributed by atoms with Gasteiger partial charge in [-0.25, -0.2) is 9.90 Å². The first-order chi connectivity index (χ1) is 12.0. The highest BCUT2D eigenvalue weighted by Crippen LogP contribution is 2.17. The predicted molar refractivity (Wildman–Crippen MR) is 98.9 cm³/mol. The Hall–Kier alpha value is -1.46. The van der Waals surface area contributed by atoms with Crippen LogP contribution in [0.5, 0.6) is 0 Å². The minimum Gasteiger partial charge on any atom is -0.450 e. The van der Waals surface area contributed by atoms with Crippen molar-refractivity contribution in [2.75, 3.05) is 29.7 Å². The lowest BCUT2D eigenvalue weighted by molar-refractivity contribution is -0.166. The molecular formula is C18H24Cl2NO4. The maximum atomic E-state index is 11.5. The maximum Gasteiger partial charge on any atom is 0.395 e. The summed E-state index contributed by atoms with van der Waals surface area (Å²) in [4.78, 5) is 24.1. The summed E-state index contributed by atoms with van der Waals surface area (Å²) in [5.74, 6) is -0.799. The van der Waals surface area contributed by atoms with Gasteiger partial charge < -0.3 is 9.64 Å². The Labute approximate surface area is 158 Å². The molecule has 5 nitrogen and oxygen atoms in total. The van der Waals surface area contributed by atoms with Crippen molar-refractivity contribution in [1.29, 1.82) is 0 Å². The number of hydrogen-bond acceptors (Lipinski definition) is 4. The van der Waals surface area contributed by atoms with Gasteiger partial charge in [0.25, 0.3) is 0 Å². The molecule has 0 aliphatic rings. The quantitative estimate of drug-likeness (QED) is 0.311. The topological polar surface area (TPSA) is 66.5 Å². The van der Waals surface area contributed by atoms with Crippen LogP contribution < -0.4 is 4.90 Å². The lowest BCUT2D eigenvalue weighted by Gasteiger charge is -2.23. The van der Waals surface area contributed by atoms with E-state index in [0.717, 1.165) is 31.6 Å². The SMILES string of the molecule is CC(OC(=O)CCCCc1ccc(N(CCCl)CCCl)cc1)C([O])=O. The van der Waals surface area contributed by atoms with Gasteiger partial charge in [-0.2, -0.15) is 0 Å². The Balaban J connectivity index is 2.36. The number of ether oxygens (including phenoxy) is 1. The van der Waals surface area contributed by atoms with Gasteiger partial charge >= 0.3 is 11.9 Å². The molecule has 1 unspecified atom stereocenters. The molecule has 0 fully saturated rings. The Morgan fingerprint density at radius 2 is 1.68 bits per heavy atom. The first-order valence-corrected chi connectivity index (χ1v) is 9.41. The molecule has 0 aliphatic carbocycles. The van der Waals surface area contributed by atoms with Crippen molar-refractivity contribution in [3.8, 4) is 0 Å². The minimum atomic E-state index is -1.38. The Kier molecular flexibility index (Phi) is 10.3. The molecule has 0 bridgehead atoms. The van der Waals surface area contributed by atoms with E-state index < -0.39 is 18.0 Å². The van der Waals surface area contributed by atoms with E-state index in [2.05, 4.69) is 17.0 Å². The van der Waals surface area contributed by atoms with Crippen molar-refractivity contribution < 1.29 is 19.4 Å². The van der Waals surface area contributed by atoms with Gasteiger partial charge in [0, 0.05) is 37.0 Å². The van der Waals surface area contributed by atoms with Crippen LogP contribution in [-0.4, -0.2) is 42.9 Å². The zero-order valence-electron chi connectivity index (χ0n) is 14.4. The number of halogens is 2. The molecule has 1 aromatic carbocycles. The van der Waals surface area contributed by atoms with Crippen molar-refractivity contribution in [3.05, 3.63) is 29.8 Å². The van der Waals surface area contributed by atoms with Crippen LogP contribution in [0.1, 0.15) is 31.7 Å². The van der Waals surface area contributed by atoms with Crippen LogP contribution >= 0.6 is 23.2 Å². The van der Waals surface area contributed by atoms with E-state index in [4.69, 9.17) is 27.9 Å². The lowest BCUT2D eigenvalue weighted by Crippen LogP contribution is -2.27. The second-order valence-corrected chi connectivity index (χ2v) is 6.45. The first-order valence-electron chi connectivity index (χ1n) is 8.34. The molecule has 1 aromatic rings. The molecule has 7 heteroatoms. The Bertz CT molecular complexity index is 530. The summed E-state index contributed by atoms with van der Waals surface area (Å²) in [7, 11) is 0. The molecule has 0 aromatic heterocycles. The van der Waals surface area contributed by atoms with Crippen molar-refractivity contribution >= 4 is 40.8 Å². The van der Waals surface area contributed by atoms with Gasteiger partial charge in [0.05, 0.1) is 0 Å². The van der Waals surface area contributed by atoms with Gasteiger partial charge in [0.15, 0.2) is 0 Å². The van der Waals surface area contributed by atoms with Gasteiger partial charge in [-0.1, -0.05) is 12.1 Å². The number of carbonyl (C=O) groups excluding carboxylic acids is 2. The molecule has 1 radical (unpaired) electrons. The van der Waals surface area contributed by atoms with Crippen LogP contribution in [0.4, 0.5) is 5.69 Å². The van der Waals surface area contributed by atoms with E-state index in [9.17, 15) is 14.7 Å². The summed E-state index contributed by atoms with van der Waals surface area (Å²) < 4.78 is 4.72. The van der Waals surface area contributed by atoms with E-state index in [1.807, 2.05) is 12.1 Å². The van der Waals surface area contributed by atoms with Gasteiger partial charge in [-0.15, -0.1) is 23.2 Å². The molecule has 139 valence electrons. The van der Waals surface area contributed by atoms with Crippen LogP contribution in [-0.2, 0) is 25.9 Å². The van der Waals surface area contributed by atoms with Gasteiger partial charge in [0.1, 0.15) is 0 Å². The monoisotopic (exact) mass is 388 g/mol. The van der Waals surface area contributed by atoms with Crippen molar-refractivity contribution in [1.82, 2.24) is 0 Å². The minimum absolute atomic E-state index is 0.203. The second-order valence-electron chi connectivity index (χ2n) is 5.69. The highest BCUT2D eigenvalue weighted by molar-refractivity contribution is 6.18. The number of benzene rings is 1. The second kappa shape index (κ2) is 12.0. The predicted octanol–water partition coefficient (Wildman–Crippen LogP) is 3.57. The first kappa shape index (κ1) is 21.6. The summed E-state index contributed by atoms with van der Waals surface area (Å²) in [6.07, 6.45) is 1.30. The number of rotatable bonds is 12. The third-order valence-corrected chi connectivity index (χ3v) is 4.08. The smallest absolute Gasteiger partial charge is 0.395 e. The van der Waals surface area contributed by atoms with Crippen LogP contribution in [0.15, 0.2) is 24.3 Å². The zero-order valence-corrected chi connectivity index (χ0v) is 15.9. The summed E-state index contributed by atoms with van der Waals surface area (Å²) in [6.45, 7) is 2.78. The summed E-state index contributed by atoms with van der Waals surface area (Å²) >= 11 is 11.6. The molecule has 1 rings (SSSR count). The van der Waals surface area contributed by atoms with Crippen LogP contribution in [0.25, 0.3) is 0 Å². The summed E-state index contributed by atoms with van der Waals surface area (Å²) in [6, 6.07) is 8.21. The highest BCUT2D eigenvalue weighted by Gasteiger charge is 2.17. The normalized spacial score (nSPS) is 11.8. The van der Waals surface area contributed by atoms with Crippen molar-refractivity contribution in [2.24, 2.45) is 0 Å². The number of nitrogens with zero attached hydrogens (tertiary/aromatic N) is 1. The molecule has 0 saturated heterocycles. The Morgan fingerprint density at radius 1 is 1.08 bits per heavy atom. The number of hydrogen-bond donors (Lipinski definition) is 0. The van der Waals surface area contributed by atoms with Crippen molar-refractivity contribution in [3.63, 3.8) is 0 Å². The van der Waals surface area contributed by atoms with E-state index >= 15 is 0 Å². The number of aryl methyl sites for hydroxylation is 1. The lowest BCUT2D eigenvalue weighted by atomic mass is 10.1. The summed E-state index contributed by atoms with van der Waals surface area (Å²) in [5, 5.41) is 10.5. The molecule has 0 aliphatic heterocycles. The number of unbranched alkanes of at least 4 members (excludes halogenated alkanes) is 1. The van der Waals surface area contributed by atoms with E-state index in [0.29, 0.717) is 18.2 Å². The van der Waals surface area contributed by atoms with E-state index in [1.165, 1.54) is 12.5 Å². The van der Waals surface area contributed by atoms with Crippen LogP contribution in [0, 0.1) is 0 Å². The van der Waals surface area contributed by atoms with E-state index in [1.54, 1.807) is 0 Å². The molecule has 0 saturated carbocycles. The molecular weight excluding hydrogens is 365 g/mol. The standard InChI is InChI=1S/C18H24Cl2NO4/c1-14(18(23)24)25-17(22)5-3-2-4-15-6-8-16(9-7-15)21(12-10-19)13-11-20/h6-9,14H,2-5,10-13H2,1H3. The zero-order chi connectivity index (χ0) is 18.7. The number of anilines is 1. The third-order valence-electron chi connectivity index (χ3n) is 3.75. The Morgan fingerprint density at radius 3 is 2.20 bits per heavy atom. The largest absolute Gasteiger partial charge is 0.450 e. The average Bonchev–Trinajstić information content (AvgIpc) is 2.59. The fourth-order valence-corrected chi connectivity index (χ4v) is 2.76.